The summed E-state index contributed by atoms with van der Waals surface area (Å²) in [7, 11) is -4.43. The van der Waals surface area contributed by atoms with Crippen molar-refractivity contribution < 1.29 is 28.3 Å². The lowest BCUT2D eigenvalue weighted by atomic mass is 9.80. The number of H-pyrrole nitrogens is 1. The first kappa shape index (κ1) is 22.3. The molecule has 0 spiro atoms. The third-order valence-corrected chi connectivity index (χ3v) is 7.74. The van der Waals surface area contributed by atoms with Crippen molar-refractivity contribution in [3.8, 4) is 0 Å². The summed E-state index contributed by atoms with van der Waals surface area (Å²) in [5.41, 5.74) is 2.51. The summed E-state index contributed by atoms with van der Waals surface area (Å²) in [6.45, 7) is 1.80. The van der Waals surface area contributed by atoms with Crippen LogP contribution in [0.15, 0.2) is 77.8 Å². The number of benzene rings is 2. The van der Waals surface area contributed by atoms with E-state index in [0.717, 1.165) is 5.56 Å². The molecule has 3 aromatic rings. The predicted octanol–water partition coefficient (Wildman–Crippen LogP) is 2.64. The van der Waals surface area contributed by atoms with Crippen molar-refractivity contribution in [2.75, 3.05) is 0 Å². The molecule has 2 unspecified atom stereocenters. The van der Waals surface area contributed by atoms with Gasteiger partial charge in [-0.05, 0) is 36.8 Å². The number of hydroxylamine groups is 1. The number of sulfone groups is 1. The van der Waals surface area contributed by atoms with Crippen molar-refractivity contribution >= 4 is 21.7 Å². The van der Waals surface area contributed by atoms with Gasteiger partial charge in [-0.15, -0.1) is 0 Å². The highest BCUT2D eigenvalue weighted by Crippen LogP contribution is 2.48. The van der Waals surface area contributed by atoms with Crippen LogP contribution in [0.5, 0.6) is 0 Å². The summed E-state index contributed by atoms with van der Waals surface area (Å²) >= 11 is 0. The van der Waals surface area contributed by atoms with Gasteiger partial charge < -0.3 is 10.1 Å². The van der Waals surface area contributed by atoms with E-state index >= 15 is 0 Å². The van der Waals surface area contributed by atoms with Gasteiger partial charge in [-0.3, -0.25) is 14.8 Å². The van der Waals surface area contributed by atoms with Gasteiger partial charge in [0.15, 0.2) is 14.6 Å². The van der Waals surface area contributed by atoms with Gasteiger partial charge in [-0.2, -0.15) is 0 Å². The number of aromatic nitrogens is 1. The minimum Gasteiger partial charge on any atom is -0.481 e. The quantitative estimate of drug-likeness (QED) is 0.313. The number of hydrogen-bond donors (Lipinski definition) is 4. The smallest absolute Gasteiger partial charge is 0.309 e. The lowest BCUT2D eigenvalue weighted by Crippen LogP contribution is -2.49. The molecular weight excluding hydrogens is 420 g/mol. The van der Waals surface area contributed by atoms with Crippen molar-refractivity contribution in [1.82, 2.24) is 10.5 Å². The number of aryl methyl sites for hydroxylation is 1. The minimum atomic E-state index is -4.43. The lowest BCUT2D eigenvalue weighted by molar-refractivity contribution is -0.146. The van der Waals surface area contributed by atoms with Gasteiger partial charge in [0, 0.05) is 18.3 Å². The van der Waals surface area contributed by atoms with E-state index in [1.807, 2.05) is 0 Å². The second-order valence-electron chi connectivity index (χ2n) is 7.13. The zero-order valence-electron chi connectivity index (χ0n) is 16.6. The molecule has 2 aromatic carbocycles. The molecule has 0 saturated carbocycles. The summed E-state index contributed by atoms with van der Waals surface area (Å²) in [6.07, 6.45) is 0.716. The maximum Gasteiger partial charge on any atom is 0.309 e. The summed E-state index contributed by atoms with van der Waals surface area (Å²) in [5, 5.41) is 19.2. The van der Waals surface area contributed by atoms with Crippen LogP contribution in [0.2, 0.25) is 0 Å². The van der Waals surface area contributed by atoms with Gasteiger partial charge in [0.25, 0.3) is 0 Å². The molecule has 0 aliphatic rings. The van der Waals surface area contributed by atoms with Crippen LogP contribution in [0.25, 0.3) is 0 Å². The second-order valence-corrected chi connectivity index (χ2v) is 9.25. The Hall–Kier alpha value is -3.43. The molecule has 1 amide bonds. The molecule has 31 heavy (non-hydrogen) atoms. The third-order valence-electron chi connectivity index (χ3n) is 5.26. The Kier molecular flexibility index (Phi) is 6.28. The summed E-state index contributed by atoms with van der Waals surface area (Å²) in [5.74, 6) is -4.27. The highest BCUT2D eigenvalue weighted by Gasteiger charge is 2.57. The number of rotatable bonds is 8. The molecule has 0 aliphatic carbocycles. The highest BCUT2D eigenvalue weighted by atomic mass is 32.2. The Morgan fingerprint density at radius 1 is 1.03 bits per heavy atom. The van der Waals surface area contributed by atoms with Gasteiger partial charge in [0.2, 0.25) is 5.91 Å². The van der Waals surface area contributed by atoms with E-state index < -0.39 is 38.8 Å². The molecular formula is C22H22N2O6S. The zero-order valence-corrected chi connectivity index (χ0v) is 17.5. The van der Waals surface area contributed by atoms with Crippen LogP contribution in [0.3, 0.4) is 0 Å². The average molecular weight is 442 g/mol. The molecule has 0 radical (unpaired) electrons. The maximum atomic E-state index is 14.2. The fourth-order valence-electron chi connectivity index (χ4n) is 3.82. The number of carbonyl (C=O) groups is 2. The van der Waals surface area contributed by atoms with E-state index in [0.29, 0.717) is 0 Å². The van der Waals surface area contributed by atoms with E-state index in [1.165, 1.54) is 42.0 Å². The fraction of sp³-hybridized carbons (Fsp3) is 0.182. The topological polar surface area (TPSA) is 137 Å². The Balaban J connectivity index is 2.45. The van der Waals surface area contributed by atoms with E-state index in [2.05, 4.69) is 4.98 Å². The summed E-state index contributed by atoms with van der Waals surface area (Å²) < 4.78 is 26.2. The third kappa shape index (κ3) is 3.85. The second kappa shape index (κ2) is 8.75. The largest absolute Gasteiger partial charge is 0.481 e. The first-order chi connectivity index (χ1) is 14.7. The first-order valence-electron chi connectivity index (χ1n) is 9.41. The number of amides is 1. The minimum absolute atomic E-state index is 0.0905. The van der Waals surface area contributed by atoms with E-state index in [1.54, 1.807) is 43.3 Å². The van der Waals surface area contributed by atoms with Crippen LogP contribution in [-0.2, 0) is 24.2 Å². The Bertz CT molecular complexity index is 1160. The van der Waals surface area contributed by atoms with Gasteiger partial charge >= 0.3 is 5.97 Å². The van der Waals surface area contributed by atoms with Crippen LogP contribution in [0.1, 0.15) is 23.2 Å². The molecule has 0 saturated heterocycles. The number of aromatic amines is 1. The molecule has 0 aliphatic heterocycles. The Morgan fingerprint density at radius 3 is 2.19 bits per heavy atom. The number of hydrogen-bond acceptors (Lipinski definition) is 5. The van der Waals surface area contributed by atoms with Gasteiger partial charge in [0.05, 0.1) is 10.8 Å². The molecule has 2 atom stereocenters. The van der Waals surface area contributed by atoms with Crippen molar-refractivity contribution in [1.29, 1.82) is 0 Å². The normalized spacial score (nSPS) is 14.4. The fourth-order valence-corrected chi connectivity index (χ4v) is 6.11. The molecule has 0 bridgehead atoms. The van der Waals surface area contributed by atoms with Crippen molar-refractivity contribution in [2.24, 2.45) is 5.92 Å². The lowest BCUT2D eigenvalue weighted by Gasteiger charge is -2.38. The van der Waals surface area contributed by atoms with Crippen LogP contribution >= 0.6 is 0 Å². The Morgan fingerprint density at radius 2 is 1.68 bits per heavy atom. The average Bonchev–Trinajstić information content (AvgIpc) is 3.29. The van der Waals surface area contributed by atoms with Crippen molar-refractivity contribution in [2.45, 2.75) is 23.0 Å². The Labute approximate surface area is 179 Å². The molecule has 3 rings (SSSR count). The predicted molar refractivity (Wildman–Crippen MR) is 112 cm³/mol. The van der Waals surface area contributed by atoms with E-state index in [-0.39, 0.29) is 16.2 Å². The maximum absolute atomic E-state index is 14.2. The van der Waals surface area contributed by atoms with Crippen molar-refractivity contribution in [3.05, 3.63) is 89.7 Å². The monoisotopic (exact) mass is 442 g/mol. The molecule has 1 heterocycles. The molecule has 4 N–H and O–H groups in total. The van der Waals surface area contributed by atoms with E-state index in [9.17, 15) is 23.1 Å². The SMILES string of the molecule is Cc1ccc(S(=O)(=O)C(c2ccccc2)(c2ccc[nH]2)C(CC(=O)NO)C(=O)O)cc1. The molecule has 0 fully saturated rings. The number of carboxylic acid groups (broad SMARTS) is 1. The number of carbonyl (C=O) groups excluding carboxylic acids is 1. The van der Waals surface area contributed by atoms with Crippen LogP contribution in [0.4, 0.5) is 0 Å². The highest BCUT2D eigenvalue weighted by molar-refractivity contribution is 7.92. The van der Waals surface area contributed by atoms with Gasteiger partial charge in [0.1, 0.15) is 0 Å². The van der Waals surface area contributed by atoms with Crippen LogP contribution in [-0.4, -0.2) is 35.6 Å². The molecule has 1 aromatic heterocycles. The first-order valence-corrected chi connectivity index (χ1v) is 10.9. The molecule has 162 valence electrons. The number of nitrogens with one attached hydrogen (secondary N) is 2. The van der Waals surface area contributed by atoms with E-state index in [4.69, 9.17) is 5.21 Å². The van der Waals surface area contributed by atoms with Crippen molar-refractivity contribution in [3.63, 3.8) is 0 Å². The van der Waals surface area contributed by atoms with Gasteiger partial charge in [-0.1, -0.05) is 48.0 Å². The summed E-state index contributed by atoms with van der Waals surface area (Å²) in [6, 6.07) is 17.0. The number of carboxylic acids is 1. The van der Waals surface area contributed by atoms with Crippen LogP contribution in [0, 0.1) is 12.8 Å². The van der Waals surface area contributed by atoms with Gasteiger partial charge in [-0.25, -0.2) is 13.9 Å². The number of aliphatic carboxylic acids is 1. The van der Waals surface area contributed by atoms with Crippen LogP contribution < -0.4 is 5.48 Å². The molecule has 9 heteroatoms. The zero-order chi connectivity index (χ0) is 22.6. The standard InChI is InChI=1S/C22H22N2O6S/c1-15-9-11-17(12-10-15)31(29,30)22(19-8-5-13-23-19,16-6-3-2-4-7-16)18(21(26)27)14-20(25)24-28/h2-13,18,23,28H,14H2,1H3,(H,24,25)(H,26,27). The molecule has 8 nitrogen and oxygen atoms in total. The summed E-state index contributed by atoms with van der Waals surface area (Å²) in [4.78, 5) is 27.3.